The van der Waals surface area contributed by atoms with Crippen molar-refractivity contribution < 1.29 is 4.79 Å². The Morgan fingerprint density at radius 2 is 1.96 bits per heavy atom. The maximum atomic E-state index is 12.1. The number of pyridine rings is 1. The summed E-state index contributed by atoms with van der Waals surface area (Å²) in [5.41, 5.74) is 1.52. The summed E-state index contributed by atoms with van der Waals surface area (Å²) in [6.45, 7) is 1.74. The molecule has 2 heterocycles. The fraction of sp³-hybridized carbons (Fsp3) is 0.125. The highest BCUT2D eigenvalue weighted by Crippen LogP contribution is 2.29. The molecular weight excluding hydrogens is 413 g/mol. The third kappa shape index (κ3) is 5.07. The van der Waals surface area contributed by atoms with E-state index in [1.54, 1.807) is 13.0 Å². The molecule has 0 aliphatic carbocycles. The molecule has 2 N–H and O–H groups in total. The molecule has 3 aromatic rings. The third-order valence-electron chi connectivity index (χ3n) is 3.12. The minimum atomic E-state index is -0.237. The van der Waals surface area contributed by atoms with Gasteiger partial charge in [-0.3, -0.25) is 4.79 Å². The van der Waals surface area contributed by atoms with Crippen LogP contribution in [0.2, 0.25) is 10.0 Å². The van der Waals surface area contributed by atoms with Crippen LogP contribution in [0.15, 0.2) is 40.7 Å². The van der Waals surface area contributed by atoms with Crippen LogP contribution in [-0.4, -0.2) is 26.8 Å². The third-order valence-corrected chi connectivity index (χ3v) is 5.76. The molecule has 6 nitrogen and oxygen atoms in total. The van der Waals surface area contributed by atoms with Crippen molar-refractivity contribution in [3.05, 3.63) is 52.1 Å². The molecule has 26 heavy (non-hydrogen) atoms. The Balaban J connectivity index is 1.54. The van der Waals surface area contributed by atoms with Gasteiger partial charge in [0.15, 0.2) is 10.2 Å². The fourth-order valence-electron chi connectivity index (χ4n) is 1.91. The number of benzene rings is 1. The quantitative estimate of drug-likeness (QED) is 0.539. The number of hydrogen-bond donors (Lipinski definition) is 2. The van der Waals surface area contributed by atoms with E-state index >= 15 is 0 Å². The Labute approximate surface area is 168 Å². The molecule has 1 aromatic carbocycles. The van der Waals surface area contributed by atoms with Crippen molar-refractivity contribution in [2.24, 2.45) is 0 Å². The van der Waals surface area contributed by atoms with Gasteiger partial charge in [0, 0.05) is 5.69 Å². The van der Waals surface area contributed by atoms with Crippen LogP contribution in [0.3, 0.4) is 0 Å². The van der Waals surface area contributed by atoms with Crippen LogP contribution in [0.5, 0.6) is 0 Å². The molecule has 0 spiro atoms. The number of carbonyl (C=O) groups is 1. The lowest BCUT2D eigenvalue weighted by Crippen LogP contribution is -2.15. The highest BCUT2D eigenvalue weighted by Gasteiger charge is 2.12. The van der Waals surface area contributed by atoms with Crippen LogP contribution < -0.4 is 10.6 Å². The average molecular weight is 426 g/mol. The van der Waals surface area contributed by atoms with E-state index in [1.165, 1.54) is 23.1 Å². The van der Waals surface area contributed by atoms with Gasteiger partial charge in [0.2, 0.25) is 11.0 Å². The number of para-hydroxylation sites is 1. The number of aromatic nitrogens is 3. The van der Waals surface area contributed by atoms with E-state index in [9.17, 15) is 4.79 Å². The fourth-order valence-corrected chi connectivity index (χ4v) is 3.88. The minimum Gasteiger partial charge on any atom is -0.330 e. The number of amides is 1. The number of halogens is 2. The largest absolute Gasteiger partial charge is 0.330 e. The summed E-state index contributed by atoms with van der Waals surface area (Å²) < 4.78 is 0.685. The Morgan fingerprint density at radius 1 is 1.19 bits per heavy atom. The number of rotatable bonds is 6. The molecule has 0 unspecified atom stereocenters. The van der Waals surface area contributed by atoms with Crippen LogP contribution in [0, 0.1) is 6.92 Å². The second-order valence-electron chi connectivity index (χ2n) is 5.09. The monoisotopic (exact) mass is 425 g/mol. The van der Waals surface area contributed by atoms with Gasteiger partial charge < -0.3 is 10.6 Å². The van der Waals surface area contributed by atoms with Crippen LogP contribution in [0.25, 0.3) is 0 Å². The van der Waals surface area contributed by atoms with Crippen molar-refractivity contribution in [3.8, 4) is 0 Å². The second-order valence-corrected chi connectivity index (χ2v) is 8.10. The maximum absolute atomic E-state index is 12.1. The SMILES string of the molecule is Cc1nc(NC(=O)CSc2nnc(Nc3ccccc3)s2)c(Cl)cc1Cl. The summed E-state index contributed by atoms with van der Waals surface area (Å²) in [6.07, 6.45) is 0. The molecule has 3 rings (SSSR count). The predicted octanol–water partition coefficient (Wildman–Crippen LogP) is 5.02. The van der Waals surface area contributed by atoms with Crippen molar-refractivity contribution in [2.45, 2.75) is 11.3 Å². The molecule has 2 aromatic heterocycles. The smallest absolute Gasteiger partial charge is 0.236 e. The van der Waals surface area contributed by atoms with E-state index < -0.39 is 0 Å². The Bertz CT molecular complexity index is 920. The van der Waals surface area contributed by atoms with E-state index in [-0.39, 0.29) is 11.7 Å². The van der Waals surface area contributed by atoms with Gasteiger partial charge in [-0.1, -0.05) is 64.5 Å². The molecule has 0 saturated heterocycles. The van der Waals surface area contributed by atoms with Gasteiger partial charge >= 0.3 is 0 Å². The summed E-state index contributed by atoms with van der Waals surface area (Å²) in [7, 11) is 0. The highest BCUT2D eigenvalue weighted by molar-refractivity contribution is 8.01. The summed E-state index contributed by atoms with van der Waals surface area (Å²) in [5.74, 6) is 0.224. The zero-order valence-corrected chi connectivity index (χ0v) is 16.6. The molecular formula is C16H13Cl2N5OS2. The van der Waals surface area contributed by atoms with E-state index in [1.807, 2.05) is 30.3 Å². The lowest BCUT2D eigenvalue weighted by molar-refractivity contribution is -0.113. The van der Waals surface area contributed by atoms with Crippen LogP contribution >= 0.6 is 46.3 Å². The zero-order valence-electron chi connectivity index (χ0n) is 13.5. The molecule has 134 valence electrons. The summed E-state index contributed by atoms with van der Waals surface area (Å²) in [5, 5.41) is 15.4. The van der Waals surface area contributed by atoms with Gasteiger partial charge in [0.1, 0.15) is 0 Å². The minimum absolute atomic E-state index is 0.166. The van der Waals surface area contributed by atoms with Crippen LogP contribution in [0.1, 0.15) is 5.69 Å². The highest BCUT2D eigenvalue weighted by atomic mass is 35.5. The first kappa shape index (κ1) is 18.9. The Morgan fingerprint density at radius 3 is 2.73 bits per heavy atom. The standard InChI is InChI=1S/C16H13Cl2N5OS2/c1-9-11(17)7-12(18)14(19-9)21-13(24)8-25-16-23-22-15(26-16)20-10-5-3-2-4-6-10/h2-7H,8H2,1H3,(H,20,22)(H,19,21,24). The van der Waals surface area contributed by atoms with Crippen molar-refractivity contribution >= 4 is 68.8 Å². The van der Waals surface area contributed by atoms with Crippen molar-refractivity contribution in [1.82, 2.24) is 15.2 Å². The van der Waals surface area contributed by atoms with Crippen LogP contribution in [0.4, 0.5) is 16.6 Å². The first-order chi connectivity index (χ1) is 12.5. The van der Waals surface area contributed by atoms with Gasteiger partial charge in [-0.2, -0.15) is 0 Å². The topological polar surface area (TPSA) is 79.8 Å². The molecule has 0 atom stereocenters. The Kier molecular flexibility index (Phi) is 6.31. The van der Waals surface area contributed by atoms with Crippen LogP contribution in [-0.2, 0) is 4.79 Å². The van der Waals surface area contributed by atoms with E-state index in [0.717, 1.165) is 5.69 Å². The molecule has 1 amide bonds. The summed E-state index contributed by atoms with van der Waals surface area (Å²) >= 11 is 14.6. The van der Waals surface area contributed by atoms with E-state index in [4.69, 9.17) is 23.2 Å². The number of aryl methyl sites for hydroxylation is 1. The number of anilines is 3. The molecule has 0 radical (unpaired) electrons. The second kappa shape index (κ2) is 8.68. The zero-order chi connectivity index (χ0) is 18.5. The van der Waals surface area contributed by atoms with Crippen molar-refractivity contribution in [2.75, 3.05) is 16.4 Å². The van der Waals surface area contributed by atoms with Gasteiger partial charge in [0.05, 0.1) is 21.5 Å². The van der Waals surface area contributed by atoms with Crippen molar-refractivity contribution in [1.29, 1.82) is 0 Å². The number of hydrogen-bond acceptors (Lipinski definition) is 7. The number of thioether (sulfide) groups is 1. The Hall–Kier alpha value is -1.87. The molecule has 0 bridgehead atoms. The molecule has 0 saturated carbocycles. The lowest BCUT2D eigenvalue weighted by Gasteiger charge is -2.07. The molecule has 0 aliphatic rings. The lowest BCUT2D eigenvalue weighted by atomic mass is 10.3. The van der Waals surface area contributed by atoms with E-state index in [0.29, 0.717) is 31.0 Å². The predicted molar refractivity (Wildman–Crippen MR) is 108 cm³/mol. The molecule has 0 aliphatic heterocycles. The number of nitrogens with one attached hydrogen (secondary N) is 2. The first-order valence-corrected chi connectivity index (χ1v) is 9.98. The maximum Gasteiger partial charge on any atom is 0.236 e. The average Bonchev–Trinajstić information content (AvgIpc) is 3.06. The van der Waals surface area contributed by atoms with Gasteiger partial charge in [0.25, 0.3) is 0 Å². The van der Waals surface area contributed by atoms with Crippen molar-refractivity contribution in [3.63, 3.8) is 0 Å². The van der Waals surface area contributed by atoms with Gasteiger partial charge in [-0.25, -0.2) is 4.98 Å². The number of nitrogens with zero attached hydrogens (tertiary/aromatic N) is 3. The summed E-state index contributed by atoms with van der Waals surface area (Å²) in [4.78, 5) is 16.3. The number of carbonyl (C=O) groups excluding carboxylic acids is 1. The molecule has 10 heteroatoms. The van der Waals surface area contributed by atoms with Gasteiger partial charge in [-0.05, 0) is 25.1 Å². The first-order valence-electron chi connectivity index (χ1n) is 7.42. The molecule has 0 fully saturated rings. The summed E-state index contributed by atoms with van der Waals surface area (Å²) in [6, 6.07) is 11.2. The normalized spacial score (nSPS) is 10.6. The van der Waals surface area contributed by atoms with Gasteiger partial charge in [-0.15, -0.1) is 10.2 Å². The van der Waals surface area contributed by atoms with E-state index in [2.05, 4.69) is 25.8 Å².